The van der Waals surface area contributed by atoms with Gasteiger partial charge in [0.1, 0.15) is 5.60 Å². The summed E-state index contributed by atoms with van der Waals surface area (Å²) in [7, 11) is 0. The van der Waals surface area contributed by atoms with Crippen molar-refractivity contribution in [2.75, 3.05) is 83.9 Å². The number of oxazole rings is 2. The lowest BCUT2D eigenvalue weighted by Gasteiger charge is -2.44. The van der Waals surface area contributed by atoms with E-state index in [0.29, 0.717) is 112 Å². The highest BCUT2D eigenvalue weighted by Crippen LogP contribution is 2.44. The van der Waals surface area contributed by atoms with Crippen LogP contribution in [0.1, 0.15) is 124 Å². The number of aromatic amines is 3. The number of nitrogens with one attached hydrogen (secondary N) is 4. The third-order valence-corrected chi connectivity index (χ3v) is 20.4. The Morgan fingerprint density at radius 3 is 1.53 bits per heavy atom. The van der Waals surface area contributed by atoms with E-state index in [1.165, 1.54) is 64.2 Å². The highest BCUT2D eigenvalue weighted by atomic mass is 16.6. The molecule has 2 atom stereocenters. The maximum absolute atomic E-state index is 14.0. The van der Waals surface area contributed by atoms with Gasteiger partial charge in [-0.1, -0.05) is 81.0 Å². The zero-order valence-electron chi connectivity index (χ0n) is 52.6. The fourth-order valence-electron chi connectivity index (χ4n) is 15.4. The minimum absolute atomic E-state index is 0.0451. The van der Waals surface area contributed by atoms with Gasteiger partial charge in [0.25, 0.3) is 11.8 Å². The van der Waals surface area contributed by atoms with Crippen LogP contribution in [0, 0.1) is 13.8 Å². The standard InChI is InChI=1S/C34H42N6O6.C34H41N5O7/c1-22-19-23(20-28-30(22)36-33(43)45-28)21-29(31(41)38-17-15-37(16-18-38)24-7-3-2-4-8-24)46-34(44)39-13-11-25(12-14-39)40-27-10-6-5-9-26(27)35-32(40)42;1-22-19-23(20-27-29(22)36-31(41)44-27)21-28(30(40)38-17-15-37(16-18-38)24-7-3-2-4-8-24)45-33(43)39-13-11-34(12-14-39)25-9-5-6-10-26(25)35-32(42)46-34/h5-6,9-10,19-20,24-25,29H,2-4,7-8,11-18,21H2,1H3,(H,35,42)(H,36,43);5-6,9-10,19-20,24,28H,2-4,7-8,11-18,21H2,1H3,(H,35,42)(H,36,41). The number of ether oxygens (including phenoxy) is 3. The largest absolute Gasteiger partial charge is 0.438 e. The van der Waals surface area contributed by atoms with Gasteiger partial charge in [0.2, 0.25) is 0 Å². The van der Waals surface area contributed by atoms with E-state index in [4.69, 9.17) is 23.0 Å². The molecule has 4 N–H and O–H groups in total. The summed E-state index contributed by atoms with van der Waals surface area (Å²) in [6.07, 6.45) is 11.2. The van der Waals surface area contributed by atoms with Crippen LogP contribution in [0.5, 0.6) is 0 Å². The molecule has 5 amide bonds. The van der Waals surface area contributed by atoms with Crippen molar-refractivity contribution in [2.45, 2.75) is 153 Å². The van der Waals surface area contributed by atoms with Crippen molar-refractivity contribution >= 4 is 69.0 Å². The van der Waals surface area contributed by atoms with Gasteiger partial charge in [-0.3, -0.25) is 39.2 Å². The molecular weight excluding hydrogens is 1180 g/mol. The number of benzene rings is 4. The van der Waals surface area contributed by atoms with Crippen LogP contribution >= 0.6 is 0 Å². The number of aryl methyl sites for hydroxylation is 2. The Morgan fingerprint density at radius 2 is 1.01 bits per heavy atom. The monoisotopic (exact) mass is 1260 g/mol. The maximum Gasteiger partial charge on any atom is 0.417 e. The molecule has 5 aliphatic heterocycles. The SMILES string of the molecule is Cc1cc(CC(OC(=O)N2CCC(n3c(=O)[nH]c4ccccc43)CC2)C(=O)N2CCN(C3CCCCC3)CC2)cc2oc(=O)[nH]c12.Cc1cc(CC(OC(=O)N2CCC3(CC2)OC(=O)Nc2ccccc23)C(=O)N2CCN(C3CCCCC3)CC2)cc2oc(=O)[nH]c12. The molecule has 1 spiro atoms. The van der Waals surface area contributed by atoms with Crippen LogP contribution in [-0.2, 0) is 42.2 Å². The number of likely N-dealkylation sites (tertiary alicyclic amines) is 2. The zero-order valence-corrected chi connectivity index (χ0v) is 52.6. The third-order valence-electron chi connectivity index (χ3n) is 20.4. The second-order valence-corrected chi connectivity index (χ2v) is 26.1. The first-order valence-corrected chi connectivity index (χ1v) is 33.1. The molecule has 6 fully saturated rings. The second kappa shape index (κ2) is 26.9. The fourth-order valence-corrected chi connectivity index (χ4v) is 15.4. The van der Waals surface area contributed by atoms with E-state index < -0.39 is 47.6 Å². The zero-order chi connectivity index (χ0) is 63.6. The average Bonchev–Trinajstić information content (AvgIpc) is 1.02. The van der Waals surface area contributed by atoms with Crippen LogP contribution in [0.3, 0.4) is 0 Å². The summed E-state index contributed by atoms with van der Waals surface area (Å²) >= 11 is 0. The molecule has 0 radical (unpaired) electrons. The number of carbonyl (C=O) groups excluding carboxylic acids is 5. The summed E-state index contributed by atoms with van der Waals surface area (Å²) in [6, 6.07) is 23.5. The Kier molecular flexibility index (Phi) is 18.2. The number of amides is 5. The summed E-state index contributed by atoms with van der Waals surface area (Å²) in [6.45, 7) is 10.8. The minimum atomic E-state index is -1.05. The number of carbonyl (C=O) groups is 5. The second-order valence-electron chi connectivity index (χ2n) is 26.1. The molecular formula is C68H83N11O13. The van der Waals surface area contributed by atoms with E-state index in [-0.39, 0.29) is 36.4 Å². The number of hydrogen-bond donors (Lipinski definition) is 4. The molecule has 14 rings (SSSR count). The van der Waals surface area contributed by atoms with Gasteiger partial charge >= 0.3 is 35.5 Å². The number of imidazole rings is 1. The van der Waals surface area contributed by atoms with E-state index in [1.54, 1.807) is 26.5 Å². The molecule has 0 bridgehead atoms. The molecule has 488 valence electrons. The molecule has 24 heteroatoms. The van der Waals surface area contributed by atoms with E-state index in [0.717, 1.165) is 70.7 Å². The Hall–Kier alpha value is -8.64. The van der Waals surface area contributed by atoms with Crippen LogP contribution in [0.4, 0.5) is 20.1 Å². The van der Waals surface area contributed by atoms with Crippen molar-refractivity contribution < 1.29 is 47.0 Å². The lowest BCUT2D eigenvalue weighted by molar-refractivity contribution is -0.143. The number of piperazine rings is 2. The first kappa shape index (κ1) is 62.2. The number of aromatic nitrogens is 4. The summed E-state index contributed by atoms with van der Waals surface area (Å²) in [5.74, 6) is -1.51. The Bertz CT molecular complexity index is 4020. The van der Waals surface area contributed by atoms with Gasteiger partial charge in [-0.25, -0.2) is 28.8 Å². The molecule has 24 nitrogen and oxygen atoms in total. The molecule has 7 aliphatic rings. The van der Waals surface area contributed by atoms with Crippen LogP contribution in [0.2, 0.25) is 0 Å². The number of rotatable bonds is 11. The molecule has 2 unspecified atom stereocenters. The normalized spacial score (nSPS) is 20.3. The van der Waals surface area contributed by atoms with Gasteiger partial charge in [-0.2, -0.15) is 0 Å². The molecule has 3 aromatic heterocycles. The highest BCUT2D eigenvalue weighted by molar-refractivity contribution is 5.89. The summed E-state index contributed by atoms with van der Waals surface area (Å²) in [5, 5.41) is 2.76. The summed E-state index contributed by atoms with van der Waals surface area (Å²) in [5.41, 5.74) is 7.41. The van der Waals surface area contributed by atoms with Crippen molar-refractivity contribution in [3.63, 3.8) is 0 Å². The van der Waals surface area contributed by atoms with Crippen molar-refractivity contribution in [1.29, 1.82) is 0 Å². The first-order chi connectivity index (χ1) is 44.6. The summed E-state index contributed by atoms with van der Waals surface area (Å²) < 4.78 is 30.3. The number of anilines is 1. The Labute approximate surface area is 531 Å². The van der Waals surface area contributed by atoms with Crippen LogP contribution in [0.25, 0.3) is 33.2 Å². The van der Waals surface area contributed by atoms with Gasteiger partial charge < -0.3 is 47.6 Å². The lowest BCUT2D eigenvalue weighted by Crippen LogP contribution is -2.55. The van der Waals surface area contributed by atoms with E-state index in [9.17, 15) is 38.4 Å². The van der Waals surface area contributed by atoms with Gasteiger partial charge in [0, 0.05) is 128 Å². The van der Waals surface area contributed by atoms with E-state index in [2.05, 4.69) is 30.1 Å². The van der Waals surface area contributed by atoms with Gasteiger partial charge in [0.05, 0.1) is 27.8 Å². The lowest BCUT2D eigenvalue weighted by atomic mass is 9.82. The van der Waals surface area contributed by atoms with Gasteiger partial charge in [-0.15, -0.1) is 0 Å². The van der Waals surface area contributed by atoms with Crippen LogP contribution in [-0.4, -0.2) is 182 Å². The van der Waals surface area contributed by atoms with Crippen LogP contribution < -0.4 is 22.5 Å². The predicted molar refractivity (Wildman–Crippen MR) is 343 cm³/mol. The smallest absolute Gasteiger partial charge is 0.417 e. The predicted octanol–water partition coefficient (Wildman–Crippen LogP) is 8.44. The first-order valence-electron chi connectivity index (χ1n) is 33.1. The van der Waals surface area contributed by atoms with Gasteiger partial charge in [0.15, 0.2) is 23.4 Å². The molecule has 4 aromatic carbocycles. The number of hydrogen-bond acceptors (Lipinski definition) is 15. The van der Waals surface area contributed by atoms with Crippen molar-refractivity contribution in [3.8, 4) is 0 Å². The summed E-state index contributed by atoms with van der Waals surface area (Å²) in [4.78, 5) is 124. The Morgan fingerprint density at radius 1 is 0.533 bits per heavy atom. The van der Waals surface area contributed by atoms with Crippen molar-refractivity contribution in [3.05, 3.63) is 132 Å². The molecule has 2 aliphatic carbocycles. The van der Waals surface area contributed by atoms with Crippen molar-refractivity contribution in [2.24, 2.45) is 0 Å². The van der Waals surface area contributed by atoms with Gasteiger partial charge in [-0.05, 0) is 105 Å². The molecule has 2 saturated carbocycles. The van der Waals surface area contributed by atoms with E-state index in [1.807, 2.05) is 84.3 Å². The quantitative estimate of drug-likeness (QED) is 0.0885. The topological polar surface area (TPSA) is 274 Å². The number of fused-ring (bicyclic) bond motifs is 5. The molecule has 92 heavy (non-hydrogen) atoms. The fraction of sp³-hybridized carbons (Fsp3) is 0.529. The van der Waals surface area contributed by atoms with Crippen LogP contribution in [0.15, 0.2) is 96.0 Å². The third kappa shape index (κ3) is 13.4. The molecule has 8 heterocycles. The average molecular weight is 1260 g/mol. The number of nitrogens with zero attached hydrogens (tertiary/aromatic N) is 7. The Balaban J connectivity index is 0.000000168. The number of H-pyrrole nitrogens is 3. The molecule has 4 saturated heterocycles. The highest BCUT2D eigenvalue weighted by Gasteiger charge is 2.46. The number of para-hydroxylation sites is 3. The number of piperidine rings is 2. The molecule has 7 aromatic rings. The minimum Gasteiger partial charge on any atom is -0.438 e. The van der Waals surface area contributed by atoms with Crippen molar-refractivity contribution in [1.82, 2.24) is 48.9 Å². The maximum atomic E-state index is 14.0. The van der Waals surface area contributed by atoms with E-state index >= 15 is 0 Å².